The zero-order chi connectivity index (χ0) is 16.7. The lowest BCUT2D eigenvalue weighted by Gasteiger charge is -2.25. The number of methoxy groups -OCH3 is 3. The second-order valence-electron chi connectivity index (χ2n) is 5.64. The van der Waals surface area contributed by atoms with E-state index in [0.717, 1.165) is 5.56 Å². The lowest BCUT2D eigenvalue weighted by molar-refractivity contribution is 0.0671. The molecule has 0 aliphatic carbocycles. The summed E-state index contributed by atoms with van der Waals surface area (Å²) in [7, 11) is 4.82. The molecule has 0 heterocycles. The van der Waals surface area contributed by atoms with Gasteiger partial charge in [0.25, 0.3) is 5.91 Å². The lowest BCUT2D eigenvalue weighted by atomic mass is 10.1. The smallest absolute Gasteiger partial charge is 0.254 e. The van der Waals surface area contributed by atoms with Crippen LogP contribution in [0.5, 0.6) is 11.5 Å². The summed E-state index contributed by atoms with van der Waals surface area (Å²) in [5.41, 5.74) is 1.45. The van der Waals surface area contributed by atoms with E-state index >= 15 is 0 Å². The number of ether oxygens (including phenoxy) is 3. The van der Waals surface area contributed by atoms with Crippen molar-refractivity contribution < 1.29 is 19.0 Å². The van der Waals surface area contributed by atoms with Crippen molar-refractivity contribution >= 4 is 5.91 Å². The van der Waals surface area contributed by atoms with Gasteiger partial charge < -0.3 is 19.1 Å². The summed E-state index contributed by atoms with van der Waals surface area (Å²) in [5, 5.41) is 0. The van der Waals surface area contributed by atoms with Gasteiger partial charge in [0, 0.05) is 31.3 Å². The molecule has 5 nitrogen and oxygen atoms in total. The summed E-state index contributed by atoms with van der Waals surface area (Å²) in [4.78, 5) is 14.6. The highest BCUT2D eigenvalue weighted by atomic mass is 16.5. The van der Waals surface area contributed by atoms with Crippen LogP contribution in [-0.4, -0.2) is 51.8 Å². The van der Waals surface area contributed by atoms with Crippen LogP contribution in [0.3, 0.4) is 0 Å². The number of hydrogen-bond acceptors (Lipinski definition) is 4. The van der Waals surface area contributed by atoms with Crippen LogP contribution in [0.25, 0.3) is 0 Å². The number of amides is 1. The van der Waals surface area contributed by atoms with Crippen LogP contribution in [0.1, 0.15) is 29.8 Å². The van der Waals surface area contributed by atoms with Crippen LogP contribution in [0, 0.1) is 12.8 Å². The Morgan fingerprint density at radius 2 is 1.68 bits per heavy atom. The third-order valence-corrected chi connectivity index (χ3v) is 3.44. The SMILES string of the molecule is COCCN(CC(C)C)C(=O)c1cc(OC)c(C)c(OC)c1. The highest BCUT2D eigenvalue weighted by Crippen LogP contribution is 2.30. The maximum Gasteiger partial charge on any atom is 0.254 e. The molecule has 1 rings (SSSR count). The van der Waals surface area contributed by atoms with E-state index < -0.39 is 0 Å². The van der Waals surface area contributed by atoms with Crippen molar-refractivity contribution in [3.63, 3.8) is 0 Å². The van der Waals surface area contributed by atoms with Crippen molar-refractivity contribution in [1.29, 1.82) is 0 Å². The highest BCUT2D eigenvalue weighted by molar-refractivity contribution is 5.95. The first kappa shape index (κ1) is 18.3. The Balaban J connectivity index is 3.11. The van der Waals surface area contributed by atoms with Gasteiger partial charge in [0.15, 0.2) is 0 Å². The zero-order valence-electron chi connectivity index (χ0n) is 14.4. The number of hydrogen-bond donors (Lipinski definition) is 0. The van der Waals surface area contributed by atoms with Crippen LogP contribution in [0.4, 0.5) is 0 Å². The van der Waals surface area contributed by atoms with Gasteiger partial charge in [-0.1, -0.05) is 13.8 Å². The van der Waals surface area contributed by atoms with Gasteiger partial charge in [0.2, 0.25) is 0 Å². The quantitative estimate of drug-likeness (QED) is 0.741. The average molecular weight is 309 g/mol. The number of carbonyl (C=O) groups is 1. The maximum absolute atomic E-state index is 12.8. The molecule has 0 aliphatic rings. The average Bonchev–Trinajstić information content (AvgIpc) is 2.50. The summed E-state index contributed by atoms with van der Waals surface area (Å²) in [6, 6.07) is 3.53. The first-order chi connectivity index (χ1) is 10.4. The van der Waals surface area contributed by atoms with Gasteiger partial charge in [0.1, 0.15) is 11.5 Å². The molecule has 0 N–H and O–H groups in total. The maximum atomic E-state index is 12.8. The van der Waals surface area contributed by atoms with Gasteiger partial charge in [-0.2, -0.15) is 0 Å². The number of nitrogens with zero attached hydrogens (tertiary/aromatic N) is 1. The summed E-state index contributed by atoms with van der Waals surface area (Å²) >= 11 is 0. The van der Waals surface area contributed by atoms with Gasteiger partial charge in [-0.15, -0.1) is 0 Å². The van der Waals surface area contributed by atoms with Gasteiger partial charge in [-0.25, -0.2) is 0 Å². The predicted octanol–water partition coefficient (Wildman–Crippen LogP) is 2.76. The first-order valence-electron chi connectivity index (χ1n) is 7.45. The fourth-order valence-electron chi connectivity index (χ4n) is 2.31. The van der Waals surface area contributed by atoms with Crippen LogP contribution in [0.15, 0.2) is 12.1 Å². The summed E-state index contributed by atoms with van der Waals surface area (Å²) in [6.45, 7) is 7.83. The highest BCUT2D eigenvalue weighted by Gasteiger charge is 2.20. The van der Waals surface area contributed by atoms with E-state index in [9.17, 15) is 4.79 Å². The second-order valence-corrected chi connectivity index (χ2v) is 5.64. The van der Waals surface area contributed by atoms with E-state index in [0.29, 0.717) is 42.7 Å². The normalized spacial score (nSPS) is 10.7. The molecular weight excluding hydrogens is 282 g/mol. The Morgan fingerprint density at radius 3 is 2.09 bits per heavy atom. The van der Waals surface area contributed by atoms with Crippen LogP contribution in [0.2, 0.25) is 0 Å². The van der Waals surface area contributed by atoms with E-state index in [1.165, 1.54) is 0 Å². The number of carbonyl (C=O) groups excluding carboxylic acids is 1. The summed E-state index contributed by atoms with van der Waals surface area (Å²) < 4.78 is 15.8. The fraction of sp³-hybridized carbons (Fsp3) is 0.588. The van der Waals surface area contributed by atoms with Crippen molar-refractivity contribution in [2.75, 3.05) is 41.0 Å². The molecule has 0 atom stereocenters. The van der Waals surface area contributed by atoms with Crippen molar-refractivity contribution in [2.24, 2.45) is 5.92 Å². The standard InChI is InChI=1S/C17H27NO4/c1-12(2)11-18(7-8-20-4)17(19)14-9-15(21-5)13(3)16(10-14)22-6/h9-10,12H,7-8,11H2,1-6H3. The molecule has 1 aromatic rings. The molecule has 1 aromatic carbocycles. The van der Waals surface area contributed by atoms with Gasteiger partial charge >= 0.3 is 0 Å². The van der Waals surface area contributed by atoms with E-state index in [-0.39, 0.29) is 5.91 Å². The third-order valence-electron chi connectivity index (χ3n) is 3.44. The number of rotatable bonds is 8. The monoisotopic (exact) mass is 309 g/mol. The minimum absolute atomic E-state index is 0.0395. The van der Waals surface area contributed by atoms with Crippen molar-refractivity contribution in [2.45, 2.75) is 20.8 Å². The molecule has 0 fully saturated rings. The minimum atomic E-state index is -0.0395. The topological polar surface area (TPSA) is 48.0 Å². The zero-order valence-corrected chi connectivity index (χ0v) is 14.4. The Morgan fingerprint density at radius 1 is 1.14 bits per heavy atom. The van der Waals surface area contributed by atoms with E-state index in [1.807, 2.05) is 6.92 Å². The molecule has 22 heavy (non-hydrogen) atoms. The van der Waals surface area contributed by atoms with Gasteiger partial charge in [-0.05, 0) is 25.0 Å². The summed E-state index contributed by atoms with van der Waals surface area (Å²) in [5.74, 6) is 1.65. The molecular formula is C17H27NO4. The molecule has 0 bridgehead atoms. The number of benzene rings is 1. The van der Waals surface area contributed by atoms with Gasteiger partial charge in [0.05, 0.1) is 20.8 Å². The minimum Gasteiger partial charge on any atom is -0.496 e. The molecule has 0 aromatic heterocycles. The molecule has 0 unspecified atom stereocenters. The van der Waals surface area contributed by atoms with Crippen LogP contribution in [-0.2, 0) is 4.74 Å². The van der Waals surface area contributed by atoms with E-state index in [4.69, 9.17) is 14.2 Å². The molecule has 0 spiro atoms. The molecule has 0 saturated carbocycles. The fourth-order valence-corrected chi connectivity index (χ4v) is 2.31. The summed E-state index contributed by atoms with van der Waals surface area (Å²) in [6.07, 6.45) is 0. The molecule has 1 amide bonds. The Hall–Kier alpha value is -1.75. The van der Waals surface area contributed by atoms with Crippen LogP contribution >= 0.6 is 0 Å². The van der Waals surface area contributed by atoms with Crippen molar-refractivity contribution in [1.82, 2.24) is 4.90 Å². The molecule has 5 heteroatoms. The largest absolute Gasteiger partial charge is 0.496 e. The van der Waals surface area contributed by atoms with Gasteiger partial charge in [-0.3, -0.25) is 4.79 Å². The van der Waals surface area contributed by atoms with E-state index in [1.54, 1.807) is 38.4 Å². The Labute approximate surface area is 133 Å². The Bertz CT molecular complexity index is 474. The van der Waals surface area contributed by atoms with Crippen LogP contribution < -0.4 is 9.47 Å². The third kappa shape index (κ3) is 4.63. The molecule has 0 radical (unpaired) electrons. The predicted molar refractivity (Wildman–Crippen MR) is 86.9 cm³/mol. The second kappa shape index (κ2) is 8.63. The Kier molecular flexibility index (Phi) is 7.18. The lowest BCUT2D eigenvalue weighted by Crippen LogP contribution is -2.36. The van der Waals surface area contributed by atoms with Crippen molar-refractivity contribution in [3.8, 4) is 11.5 Å². The molecule has 0 saturated heterocycles. The van der Waals surface area contributed by atoms with Crippen molar-refractivity contribution in [3.05, 3.63) is 23.3 Å². The molecule has 0 aliphatic heterocycles. The van der Waals surface area contributed by atoms with E-state index in [2.05, 4.69) is 13.8 Å². The first-order valence-corrected chi connectivity index (χ1v) is 7.45. The molecule has 124 valence electrons.